The number of aromatic nitrogens is 4. The number of hydrogen-bond donors (Lipinski definition) is 5. The summed E-state index contributed by atoms with van der Waals surface area (Å²) >= 11 is 6.11. The summed E-state index contributed by atoms with van der Waals surface area (Å²) in [6.45, 7) is 2.95. The molecule has 0 radical (unpaired) electrons. The smallest absolute Gasteiger partial charge is 0.208 e. The molecule has 5 N–H and O–H groups in total. The minimum Gasteiger partial charge on any atom is -0.339 e. The Bertz CT molecular complexity index is 1210. The van der Waals surface area contributed by atoms with Crippen LogP contribution in [0.3, 0.4) is 0 Å². The van der Waals surface area contributed by atoms with E-state index in [2.05, 4.69) is 48.4 Å². The minimum atomic E-state index is -0.240. The van der Waals surface area contributed by atoms with Gasteiger partial charge < -0.3 is 16.0 Å². The van der Waals surface area contributed by atoms with Crippen LogP contribution in [-0.2, 0) is 4.79 Å². The predicted molar refractivity (Wildman–Crippen MR) is 131 cm³/mol. The van der Waals surface area contributed by atoms with E-state index in [9.17, 15) is 4.79 Å². The Morgan fingerprint density at radius 2 is 1.88 bits per heavy atom. The second-order valence-electron chi connectivity index (χ2n) is 7.43. The molecule has 9 nitrogen and oxygen atoms in total. The zero-order valence-electron chi connectivity index (χ0n) is 18.1. The van der Waals surface area contributed by atoms with Crippen LogP contribution in [0.15, 0.2) is 54.9 Å². The molecule has 170 valence electrons. The Hall–Kier alpha value is -3.69. The lowest BCUT2D eigenvalue weighted by molar-refractivity contribution is -0.110. The van der Waals surface area contributed by atoms with Crippen molar-refractivity contribution < 1.29 is 4.79 Å². The molecule has 1 unspecified atom stereocenters. The first-order chi connectivity index (χ1) is 16.2. The maximum Gasteiger partial charge on any atom is 0.208 e. The van der Waals surface area contributed by atoms with Gasteiger partial charge in [0.15, 0.2) is 11.5 Å². The number of unbranched alkanes of at least 4 members (excludes halogenated alkanes) is 1. The topological polar surface area (TPSA) is 120 Å². The van der Waals surface area contributed by atoms with E-state index >= 15 is 0 Å². The van der Waals surface area contributed by atoms with Crippen molar-refractivity contribution >= 4 is 52.1 Å². The van der Waals surface area contributed by atoms with Gasteiger partial charge in [0, 0.05) is 16.4 Å². The maximum atomic E-state index is 11.0. The molecule has 33 heavy (non-hydrogen) atoms. The molecule has 0 fully saturated rings. The molecule has 2 aromatic heterocycles. The Kier molecular flexibility index (Phi) is 7.33. The fraction of sp³-hybridized carbons (Fsp3) is 0.217. The highest BCUT2D eigenvalue weighted by Crippen LogP contribution is 2.30. The quantitative estimate of drug-likeness (QED) is 0.125. The van der Waals surface area contributed by atoms with E-state index in [4.69, 9.17) is 11.6 Å². The molecule has 4 rings (SSSR count). The fourth-order valence-corrected chi connectivity index (χ4v) is 3.60. The number of hydrogen-bond acceptors (Lipinski definition) is 7. The lowest BCUT2D eigenvalue weighted by atomic mass is 10.1. The van der Waals surface area contributed by atoms with E-state index < -0.39 is 0 Å². The van der Waals surface area contributed by atoms with Crippen LogP contribution in [0.4, 0.5) is 23.0 Å². The van der Waals surface area contributed by atoms with Crippen LogP contribution < -0.4 is 21.3 Å². The minimum absolute atomic E-state index is 0.240. The molecular formula is C23H25ClN8O. The van der Waals surface area contributed by atoms with Crippen molar-refractivity contribution in [3.63, 3.8) is 0 Å². The Morgan fingerprint density at radius 3 is 2.64 bits per heavy atom. The summed E-state index contributed by atoms with van der Waals surface area (Å²) < 4.78 is 0. The largest absolute Gasteiger partial charge is 0.339 e. The van der Waals surface area contributed by atoms with Crippen LogP contribution in [0, 0.1) is 0 Å². The van der Waals surface area contributed by atoms with Crippen molar-refractivity contribution in [1.29, 1.82) is 0 Å². The SMILES string of the molecule is CCCCNC(NC=O)c1ccc(Nc2n[nH]c3ncnc(Nc4cccc(Cl)c4)c23)cc1. The number of rotatable bonds is 11. The molecule has 0 aliphatic rings. The van der Waals surface area contributed by atoms with Crippen LogP contribution in [0.5, 0.6) is 0 Å². The van der Waals surface area contributed by atoms with Crippen LogP contribution >= 0.6 is 11.6 Å². The van der Waals surface area contributed by atoms with E-state index in [1.54, 1.807) is 0 Å². The van der Waals surface area contributed by atoms with Gasteiger partial charge in [0.25, 0.3) is 0 Å². The average molecular weight is 465 g/mol. The number of amides is 1. The number of benzene rings is 2. The Labute approximate surface area is 196 Å². The second-order valence-corrected chi connectivity index (χ2v) is 7.86. The van der Waals surface area contributed by atoms with Crippen LogP contribution in [0.2, 0.25) is 5.02 Å². The summed E-state index contributed by atoms with van der Waals surface area (Å²) in [5, 5.41) is 21.4. The zero-order valence-corrected chi connectivity index (χ0v) is 18.9. The highest BCUT2D eigenvalue weighted by atomic mass is 35.5. The van der Waals surface area contributed by atoms with Gasteiger partial charge in [-0.25, -0.2) is 9.97 Å². The van der Waals surface area contributed by atoms with Gasteiger partial charge >= 0.3 is 0 Å². The zero-order chi connectivity index (χ0) is 23.0. The number of aromatic amines is 1. The third kappa shape index (κ3) is 5.57. The Balaban J connectivity index is 1.54. The van der Waals surface area contributed by atoms with Crippen molar-refractivity contribution in [2.75, 3.05) is 17.2 Å². The second kappa shape index (κ2) is 10.8. The number of nitrogens with zero attached hydrogens (tertiary/aromatic N) is 3. The Morgan fingerprint density at radius 1 is 1.06 bits per heavy atom. The van der Waals surface area contributed by atoms with E-state index in [0.717, 1.165) is 41.7 Å². The molecule has 0 bridgehead atoms. The highest BCUT2D eigenvalue weighted by Gasteiger charge is 2.14. The lowest BCUT2D eigenvalue weighted by Crippen LogP contribution is -2.33. The van der Waals surface area contributed by atoms with Gasteiger partial charge in [0.05, 0.1) is 0 Å². The summed E-state index contributed by atoms with van der Waals surface area (Å²) in [6, 6.07) is 15.2. The van der Waals surface area contributed by atoms with Gasteiger partial charge in [0.2, 0.25) is 6.41 Å². The molecule has 0 spiro atoms. The van der Waals surface area contributed by atoms with E-state index in [-0.39, 0.29) is 6.17 Å². The van der Waals surface area contributed by atoms with Crippen LogP contribution in [-0.4, -0.2) is 33.1 Å². The first kappa shape index (κ1) is 22.5. The predicted octanol–water partition coefficient (Wildman–Crippen LogP) is 4.63. The highest BCUT2D eigenvalue weighted by molar-refractivity contribution is 6.30. The standard InChI is InChI=1S/C23H25ClN8O/c1-2-3-11-25-20(28-14-33)15-7-9-17(10-8-15)29-23-19-21(26-13-27-22(19)31-32-23)30-18-6-4-5-16(24)12-18/h4-10,12-14,20,25H,2-3,11H2,1H3,(H,28,33)(H3,26,27,29,30,31,32). The van der Waals surface area contributed by atoms with Crippen LogP contribution in [0.1, 0.15) is 31.5 Å². The number of fused-ring (bicyclic) bond motifs is 1. The van der Waals surface area contributed by atoms with E-state index in [1.807, 2.05) is 48.5 Å². The van der Waals surface area contributed by atoms with Crippen molar-refractivity contribution in [1.82, 2.24) is 30.8 Å². The van der Waals surface area contributed by atoms with Gasteiger partial charge in [-0.05, 0) is 48.9 Å². The van der Waals surface area contributed by atoms with Crippen molar-refractivity contribution in [2.24, 2.45) is 0 Å². The molecule has 0 aliphatic heterocycles. The number of nitrogens with one attached hydrogen (secondary N) is 5. The summed E-state index contributed by atoms with van der Waals surface area (Å²) in [7, 11) is 0. The normalized spacial score (nSPS) is 11.8. The third-order valence-electron chi connectivity index (χ3n) is 5.07. The average Bonchev–Trinajstić information content (AvgIpc) is 3.23. The fourth-order valence-electron chi connectivity index (χ4n) is 3.41. The molecule has 1 atom stereocenters. The summed E-state index contributed by atoms with van der Waals surface area (Å²) in [5.41, 5.74) is 3.21. The molecule has 4 aromatic rings. The molecule has 10 heteroatoms. The molecule has 0 saturated carbocycles. The summed E-state index contributed by atoms with van der Waals surface area (Å²) in [6.07, 6.45) is 4.06. The molecule has 2 heterocycles. The number of carbonyl (C=O) groups excluding carboxylic acids is 1. The van der Waals surface area contributed by atoms with E-state index in [0.29, 0.717) is 28.7 Å². The monoisotopic (exact) mass is 464 g/mol. The number of halogens is 1. The molecule has 1 amide bonds. The van der Waals surface area contributed by atoms with Gasteiger partial charge in [-0.2, -0.15) is 5.10 Å². The van der Waals surface area contributed by atoms with E-state index in [1.165, 1.54) is 6.33 Å². The van der Waals surface area contributed by atoms with Crippen molar-refractivity contribution in [2.45, 2.75) is 25.9 Å². The van der Waals surface area contributed by atoms with Crippen molar-refractivity contribution in [3.05, 3.63) is 65.4 Å². The number of H-pyrrole nitrogens is 1. The number of anilines is 4. The van der Waals surface area contributed by atoms with Gasteiger partial charge in [0.1, 0.15) is 23.7 Å². The third-order valence-corrected chi connectivity index (χ3v) is 5.30. The molecular weight excluding hydrogens is 440 g/mol. The number of carbonyl (C=O) groups is 1. The molecule has 0 aliphatic carbocycles. The first-order valence-corrected chi connectivity index (χ1v) is 11.1. The summed E-state index contributed by atoms with van der Waals surface area (Å²) in [4.78, 5) is 19.7. The lowest BCUT2D eigenvalue weighted by Gasteiger charge is -2.18. The van der Waals surface area contributed by atoms with Gasteiger partial charge in [-0.1, -0.05) is 43.1 Å². The van der Waals surface area contributed by atoms with Gasteiger partial charge in [-0.15, -0.1) is 0 Å². The van der Waals surface area contributed by atoms with Crippen LogP contribution in [0.25, 0.3) is 11.0 Å². The maximum absolute atomic E-state index is 11.0. The molecule has 2 aromatic carbocycles. The van der Waals surface area contributed by atoms with Crippen molar-refractivity contribution in [3.8, 4) is 0 Å². The summed E-state index contributed by atoms with van der Waals surface area (Å²) in [5.74, 6) is 1.19. The first-order valence-electron chi connectivity index (χ1n) is 10.7. The van der Waals surface area contributed by atoms with Gasteiger partial charge in [-0.3, -0.25) is 15.2 Å². The molecule has 0 saturated heterocycles.